The van der Waals surface area contributed by atoms with Crippen LogP contribution in [0.4, 0.5) is 5.69 Å². The highest BCUT2D eigenvalue weighted by Gasteiger charge is 2.09. The molecule has 0 saturated carbocycles. The van der Waals surface area contributed by atoms with Crippen LogP contribution in [0.15, 0.2) is 64.4 Å². The first-order valence-electron chi connectivity index (χ1n) is 7.56. The smallest absolute Gasteiger partial charge is 0.0626 e. The van der Waals surface area contributed by atoms with Gasteiger partial charge in [0.1, 0.15) is 0 Å². The Hall–Kier alpha value is -1.85. The van der Waals surface area contributed by atoms with E-state index in [2.05, 4.69) is 57.5 Å². The van der Waals surface area contributed by atoms with Crippen LogP contribution in [-0.2, 0) is 0 Å². The Bertz CT molecular complexity index is 549. The minimum Gasteiger partial charge on any atom is -0.260 e. The van der Waals surface area contributed by atoms with Gasteiger partial charge in [0.2, 0.25) is 0 Å². The SMILES string of the molecule is CC(=C=CC(C)(C)C=Nc1ccccc1)CCC=C(C)C. The van der Waals surface area contributed by atoms with E-state index in [0.29, 0.717) is 0 Å². The van der Waals surface area contributed by atoms with Gasteiger partial charge in [-0.25, -0.2) is 0 Å². The predicted octanol–water partition coefficient (Wildman–Crippen LogP) is 6.26. The number of benzene rings is 1. The van der Waals surface area contributed by atoms with Crippen LogP contribution in [0.5, 0.6) is 0 Å². The quantitative estimate of drug-likeness (QED) is 0.331. The van der Waals surface area contributed by atoms with Gasteiger partial charge in [0, 0.05) is 11.6 Å². The molecule has 1 nitrogen and oxygen atoms in total. The fourth-order valence-electron chi connectivity index (χ4n) is 1.75. The molecule has 0 aliphatic rings. The second kappa shape index (κ2) is 8.44. The number of nitrogens with zero attached hydrogens (tertiary/aromatic N) is 1. The summed E-state index contributed by atoms with van der Waals surface area (Å²) in [7, 11) is 0. The van der Waals surface area contributed by atoms with E-state index in [1.54, 1.807) is 0 Å². The third-order valence-corrected chi connectivity index (χ3v) is 3.07. The third-order valence-electron chi connectivity index (χ3n) is 3.07. The van der Waals surface area contributed by atoms with Gasteiger partial charge < -0.3 is 0 Å². The molecule has 0 atom stereocenters. The van der Waals surface area contributed by atoms with E-state index in [0.717, 1.165) is 18.5 Å². The number of hydrogen-bond acceptors (Lipinski definition) is 1. The van der Waals surface area contributed by atoms with E-state index in [1.807, 2.05) is 36.5 Å². The molecule has 0 N–H and O–H groups in total. The molecule has 1 rings (SSSR count). The van der Waals surface area contributed by atoms with Gasteiger partial charge in [0.25, 0.3) is 0 Å². The molecular weight excluding hydrogens is 254 g/mol. The highest BCUT2D eigenvalue weighted by molar-refractivity contribution is 5.71. The molecule has 1 aromatic carbocycles. The Morgan fingerprint density at radius 3 is 2.43 bits per heavy atom. The van der Waals surface area contributed by atoms with Gasteiger partial charge in [0.05, 0.1) is 5.69 Å². The van der Waals surface area contributed by atoms with Crippen molar-refractivity contribution in [3.63, 3.8) is 0 Å². The maximum Gasteiger partial charge on any atom is 0.0626 e. The third kappa shape index (κ3) is 8.12. The topological polar surface area (TPSA) is 12.4 Å². The summed E-state index contributed by atoms with van der Waals surface area (Å²) in [6.07, 6.45) is 8.52. The van der Waals surface area contributed by atoms with Crippen LogP contribution in [0.25, 0.3) is 0 Å². The van der Waals surface area contributed by atoms with Crippen LogP contribution in [0.2, 0.25) is 0 Å². The maximum atomic E-state index is 4.53. The fraction of sp³-hybridized carbons (Fsp3) is 0.400. The van der Waals surface area contributed by atoms with E-state index >= 15 is 0 Å². The minimum absolute atomic E-state index is 0.0897. The zero-order valence-corrected chi connectivity index (χ0v) is 14.0. The number of para-hydroxylation sites is 1. The van der Waals surface area contributed by atoms with Crippen LogP contribution in [0.3, 0.4) is 0 Å². The number of rotatable bonds is 6. The molecule has 1 aromatic rings. The standard InChI is InChI=1S/C20H27N/c1-17(2)10-9-11-18(3)14-15-20(4,5)16-21-19-12-7-6-8-13-19/h6-8,10,12-13,15-16H,9,11H2,1-5H3. The lowest BCUT2D eigenvalue weighted by Crippen LogP contribution is -2.08. The van der Waals surface area contributed by atoms with Gasteiger partial charge in [-0.3, -0.25) is 4.99 Å². The molecule has 0 saturated heterocycles. The molecule has 0 aliphatic heterocycles. The molecule has 0 aliphatic carbocycles. The molecule has 0 heterocycles. The maximum absolute atomic E-state index is 4.53. The average Bonchev–Trinajstić information content (AvgIpc) is 2.44. The first kappa shape index (κ1) is 17.2. The molecule has 0 fully saturated rings. The largest absolute Gasteiger partial charge is 0.260 e. The van der Waals surface area contributed by atoms with Crippen molar-refractivity contribution in [2.24, 2.45) is 10.4 Å². The highest BCUT2D eigenvalue weighted by atomic mass is 14.7. The zero-order valence-electron chi connectivity index (χ0n) is 14.0. The van der Waals surface area contributed by atoms with Crippen molar-refractivity contribution < 1.29 is 0 Å². The van der Waals surface area contributed by atoms with Crippen molar-refractivity contribution in [3.8, 4) is 0 Å². The van der Waals surface area contributed by atoms with Gasteiger partial charge in [-0.1, -0.05) is 43.7 Å². The number of allylic oxidation sites excluding steroid dienone is 3. The van der Waals surface area contributed by atoms with Crippen molar-refractivity contribution in [1.29, 1.82) is 0 Å². The summed E-state index contributed by atoms with van der Waals surface area (Å²) in [5, 5.41) is 0. The second-order valence-corrected chi connectivity index (χ2v) is 6.30. The van der Waals surface area contributed by atoms with E-state index < -0.39 is 0 Å². The van der Waals surface area contributed by atoms with Crippen LogP contribution >= 0.6 is 0 Å². The van der Waals surface area contributed by atoms with Gasteiger partial charge in [-0.2, -0.15) is 0 Å². The molecular formula is C20H27N. The van der Waals surface area contributed by atoms with E-state index in [1.165, 1.54) is 11.1 Å². The summed E-state index contributed by atoms with van der Waals surface area (Å²) in [4.78, 5) is 4.53. The van der Waals surface area contributed by atoms with Crippen molar-refractivity contribution >= 4 is 11.9 Å². The van der Waals surface area contributed by atoms with Crippen molar-refractivity contribution in [1.82, 2.24) is 0 Å². The van der Waals surface area contributed by atoms with Gasteiger partial charge in [-0.05, 0) is 57.4 Å². The Kier molecular flexibility index (Phi) is 6.91. The lowest BCUT2D eigenvalue weighted by molar-refractivity contribution is 0.694. The van der Waals surface area contributed by atoms with Crippen molar-refractivity contribution in [2.75, 3.05) is 0 Å². The molecule has 1 heteroatoms. The first-order valence-corrected chi connectivity index (χ1v) is 7.56. The molecule has 0 spiro atoms. The fourth-order valence-corrected chi connectivity index (χ4v) is 1.75. The van der Waals surface area contributed by atoms with Gasteiger partial charge in [0.15, 0.2) is 0 Å². The molecule has 21 heavy (non-hydrogen) atoms. The summed E-state index contributed by atoms with van der Waals surface area (Å²) in [6, 6.07) is 10.0. The Morgan fingerprint density at radius 2 is 1.81 bits per heavy atom. The molecule has 0 amide bonds. The Morgan fingerprint density at radius 1 is 1.14 bits per heavy atom. The van der Waals surface area contributed by atoms with E-state index in [9.17, 15) is 0 Å². The van der Waals surface area contributed by atoms with Gasteiger partial charge >= 0.3 is 0 Å². The van der Waals surface area contributed by atoms with Crippen LogP contribution < -0.4 is 0 Å². The Balaban J connectivity index is 2.67. The molecule has 0 aromatic heterocycles. The monoisotopic (exact) mass is 281 g/mol. The number of aliphatic imine (C=N–C) groups is 1. The van der Waals surface area contributed by atoms with E-state index in [4.69, 9.17) is 0 Å². The van der Waals surface area contributed by atoms with E-state index in [-0.39, 0.29) is 5.41 Å². The van der Waals surface area contributed by atoms with Crippen LogP contribution in [0, 0.1) is 5.41 Å². The summed E-state index contributed by atoms with van der Waals surface area (Å²) in [6.45, 7) is 10.7. The predicted molar refractivity (Wildman–Crippen MR) is 94.3 cm³/mol. The molecule has 0 unspecified atom stereocenters. The highest BCUT2D eigenvalue weighted by Crippen LogP contribution is 2.18. The number of hydrogen-bond donors (Lipinski definition) is 0. The van der Waals surface area contributed by atoms with Gasteiger partial charge in [-0.15, -0.1) is 5.73 Å². The minimum atomic E-state index is -0.0897. The first-order chi connectivity index (χ1) is 9.89. The second-order valence-electron chi connectivity index (χ2n) is 6.30. The summed E-state index contributed by atoms with van der Waals surface area (Å²) in [5.74, 6) is 0. The van der Waals surface area contributed by atoms with Crippen molar-refractivity contribution in [2.45, 2.75) is 47.5 Å². The molecule has 0 radical (unpaired) electrons. The summed E-state index contributed by atoms with van der Waals surface area (Å²) in [5.41, 5.74) is 6.97. The lowest BCUT2D eigenvalue weighted by atomic mass is 9.94. The lowest BCUT2D eigenvalue weighted by Gasteiger charge is -2.11. The normalized spacial score (nSPS) is 11.1. The molecule has 0 bridgehead atoms. The summed E-state index contributed by atoms with van der Waals surface area (Å²) < 4.78 is 0. The van der Waals surface area contributed by atoms with Crippen molar-refractivity contribution in [3.05, 3.63) is 59.4 Å². The summed E-state index contributed by atoms with van der Waals surface area (Å²) >= 11 is 0. The average molecular weight is 281 g/mol. The zero-order chi connectivity index (χ0) is 15.7. The Labute approximate surface area is 129 Å². The molecule has 112 valence electrons. The van der Waals surface area contributed by atoms with Crippen LogP contribution in [0.1, 0.15) is 47.5 Å². The van der Waals surface area contributed by atoms with Crippen LogP contribution in [-0.4, -0.2) is 6.21 Å².